The van der Waals surface area contributed by atoms with Crippen molar-refractivity contribution in [3.8, 4) is 0 Å². The van der Waals surface area contributed by atoms with Gasteiger partial charge in [-0.15, -0.1) is 35.3 Å². The molecule has 0 saturated carbocycles. The van der Waals surface area contributed by atoms with Crippen molar-refractivity contribution in [3.63, 3.8) is 0 Å². The lowest BCUT2D eigenvalue weighted by atomic mass is 10.2. The van der Waals surface area contributed by atoms with Crippen molar-refractivity contribution < 1.29 is 0 Å². The number of rotatable bonds is 7. The van der Waals surface area contributed by atoms with Crippen LogP contribution < -0.4 is 5.32 Å². The Morgan fingerprint density at radius 3 is 2.88 bits per heavy atom. The minimum absolute atomic E-state index is 0. The lowest BCUT2D eigenvalue weighted by Crippen LogP contribution is -2.45. The maximum Gasteiger partial charge on any atom is 0.194 e. The highest BCUT2D eigenvalue weighted by Gasteiger charge is 2.24. The third-order valence-corrected chi connectivity index (χ3v) is 5.53. The largest absolute Gasteiger partial charge is 0.357 e. The van der Waals surface area contributed by atoms with Crippen LogP contribution in [0.4, 0.5) is 0 Å². The van der Waals surface area contributed by atoms with Crippen molar-refractivity contribution >= 4 is 41.3 Å². The number of nitrogens with one attached hydrogen (secondary N) is 1. The molecule has 0 radical (unpaired) electrons. The predicted molar refractivity (Wildman–Crippen MR) is 115 cm³/mol. The molecule has 1 unspecified atom stereocenters. The highest BCUT2D eigenvalue weighted by Crippen LogP contribution is 2.18. The molecule has 1 fully saturated rings. The summed E-state index contributed by atoms with van der Waals surface area (Å²) in [5.41, 5.74) is 0. The van der Waals surface area contributed by atoms with Gasteiger partial charge in [-0.1, -0.05) is 13.8 Å². The van der Waals surface area contributed by atoms with Crippen molar-refractivity contribution in [1.29, 1.82) is 0 Å². The van der Waals surface area contributed by atoms with Gasteiger partial charge in [0.1, 0.15) is 5.01 Å². The standard InChI is InChI=1S/C17H31N5S.HI/c1-5-15-11-19-16(23-15)12-20-17(18-6-2)21(4)13-14-9-8-10-22(14)7-3;/h11,14H,5-10,12-13H2,1-4H3,(H,18,20);1H. The Bertz CT molecular complexity index is 505. The lowest BCUT2D eigenvalue weighted by Gasteiger charge is -2.29. The van der Waals surface area contributed by atoms with Crippen molar-refractivity contribution in [2.45, 2.75) is 52.6 Å². The summed E-state index contributed by atoms with van der Waals surface area (Å²) in [6.07, 6.45) is 5.64. The second kappa shape index (κ2) is 11.3. The van der Waals surface area contributed by atoms with E-state index in [1.165, 1.54) is 24.3 Å². The summed E-state index contributed by atoms with van der Waals surface area (Å²) in [4.78, 5) is 15.4. The van der Waals surface area contributed by atoms with Crippen LogP contribution >= 0.6 is 35.3 Å². The van der Waals surface area contributed by atoms with Crippen molar-refractivity contribution in [2.24, 2.45) is 4.99 Å². The molecule has 1 saturated heterocycles. The Hall–Kier alpha value is -0.410. The minimum atomic E-state index is 0. The first-order valence-electron chi connectivity index (χ1n) is 8.84. The summed E-state index contributed by atoms with van der Waals surface area (Å²) in [7, 11) is 2.15. The molecular formula is C17H32IN5S. The topological polar surface area (TPSA) is 43.8 Å². The Morgan fingerprint density at radius 1 is 1.46 bits per heavy atom. The van der Waals surface area contributed by atoms with Crippen molar-refractivity contribution in [3.05, 3.63) is 16.1 Å². The van der Waals surface area contributed by atoms with Crippen LogP contribution in [0, 0.1) is 0 Å². The zero-order valence-electron chi connectivity index (χ0n) is 15.4. The molecule has 2 rings (SSSR count). The molecule has 5 nitrogen and oxygen atoms in total. The number of likely N-dealkylation sites (tertiary alicyclic amines) is 1. The Labute approximate surface area is 168 Å². The van der Waals surface area contributed by atoms with Gasteiger partial charge in [0.25, 0.3) is 0 Å². The van der Waals surface area contributed by atoms with Gasteiger partial charge in [0.2, 0.25) is 0 Å². The molecule has 2 heterocycles. The van der Waals surface area contributed by atoms with E-state index in [1.54, 1.807) is 11.3 Å². The lowest BCUT2D eigenvalue weighted by molar-refractivity contribution is 0.232. The average Bonchev–Trinajstić information content (AvgIpc) is 3.19. The summed E-state index contributed by atoms with van der Waals surface area (Å²) in [5, 5.41) is 4.51. The molecule has 24 heavy (non-hydrogen) atoms. The highest BCUT2D eigenvalue weighted by atomic mass is 127. The quantitative estimate of drug-likeness (QED) is 0.382. The van der Waals surface area contributed by atoms with E-state index < -0.39 is 0 Å². The van der Waals surface area contributed by atoms with Crippen LogP contribution in [0.2, 0.25) is 0 Å². The molecule has 138 valence electrons. The van der Waals surface area contributed by atoms with Crippen LogP contribution in [0.5, 0.6) is 0 Å². The number of aromatic nitrogens is 1. The van der Waals surface area contributed by atoms with Gasteiger partial charge in [0.05, 0.1) is 6.54 Å². The second-order valence-electron chi connectivity index (χ2n) is 6.05. The molecule has 1 aliphatic heterocycles. The van der Waals surface area contributed by atoms with Gasteiger partial charge in [0, 0.05) is 37.3 Å². The SMILES string of the molecule is CCNC(=NCc1ncc(CC)s1)N(C)CC1CCCN1CC.I. The van der Waals surface area contributed by atoms with Crippen molar-refractivity contribution in [1.82, 2.24) is 20.1 Å². The fourth-order valence-corrected chi connectivity index (χ4v) is 3.90. The zero-order valence-corrected chi connectivity index (χ0v) is 18.6. The maximum atomic E-state index is 4.79. The molecule has 0 aliphatic carbocycles. The molecule has 1 aliphatic rings. The van der Waals surface area contributed by atoms with Gasteiger partial charge in [-0.25, -0.2) is 9.98 Å². The third-order valence-electron chi connectivity index (χ3n) is 4.40. The summed E-state index contributed by atoms with van der Waals surface area (Å²) in [5.74, 6) is 0.990. The molecule has 7 heteroatoms. The molecule has 1 N–H and O–H groups in total. The summed E-state index contributed by atoms with van der Waals surface area (Å²) >= 11 is 1.77. The number of thiazole rings is 1. The van der Waals surface area contributed by atoms with E-state index in [4.69, 9.17) is 4.99 Å². The Morgan fingerprint density at radius 2 is 2.25 bits per heavy atom. The number of aryl methyl sites for hydroxylation is 1. The number of halogens is 1. The van der Waals surface area contributed by atoms with Crippen LogP contribution in [0.25, 0.3) is 0 Å². The molecule has 0 amide bonds. The summed E-state index contributed by atoms with van der Waals surface area (Å²) < 4.78 is 0. The summed E-state index contributed by atoms with van der Waals surface area (Å²) in [6, 6.07) is 0.653. The van der Waals surface area contributed by atoms with E-state index in [0.717, 1.165) is 37.0 Å². The molecule has 1 aromatic rings. The first kappa shape index (κ1) is 21.6. The van der Waals surface area contributed by atoms with E-state index in [1.807, 2.05) is 6.20 Å². The monoisotopic (exact) mass is 465 g/mol. The molecule has 0 aromatic carbocycles. The second-order valence-corrected chi connectivity index (χ2v) is 7.25. The van der Waals surface area contributed by atoms with Crippen LogP contribution in [-0.2, 0) is 13.0 Å². The van der Waals surface area contributed by atoms with Gasteiger partial charge in [-0.2, -0.15) is 0 Å². The first-order valence-corrected chi connectivity index (χ1v) is 9.66. The van der Waals surface area contributed by atoms with Gasteiger partial charge in [0.15, 0.2) is 5.96 Å². The van der Waals surface area contributed by atoms with Gasteiger partial charge in [-0.3, -0.25) is 4.90 Å². The third kappa shape index (κ3) is 6.15. The number of nitrogens with zero attached hydrogens (tertiary/aromatic N) is 4. The minimum Gasteiger partial charge on any atom is -0.357 e. The fourth-order valence-electron chi connectivity index (χ4n) is 3.12. The summed E-state index contributed by atoms with van der Waals surface area (Å²) in [6.45, 7) is 11.5. The van der Waals surface area contributed by atoms with Crippen LogP contribution in [-0.4, -0.2) is 60.0 Å². The van der Waals surface area contributed by atoms with E-state index in [2.05, 4.69) is 47.9 Å². The van der Waals surface area contributed by atoms with E-state index in [9.17, 15) is 0 Å². The number of hydrogen-bond donors (Lipinski definition) is 1. The molecule has 0 bridgehead atoms. The molecule has 1 atom stereocenters. The Kier molecular flexibility index (Phi) is 10.1. The number of hydrogen-bond acceptors (Lipinski definition) is 4. The smallest absolute Gasteiger partial charge is 0.194 e. The Balaban J connectivity index is 0.00000288. The van der Waals surface area contributed by atoms with E-state index >= 15 is 0 Å². The molecular weight excluding hydrogens is 433 g/mol. The fraction of sp³-hybridized carbons (Fsp3) is 0.765. The van der Waals surface area contributed by atoms with E-state index in [0.29, 0.717) is 12.6 Å². The predicted octanol–water partition coefficient (Wildman–Crippen LogP) is 3.21. The molecule has 0 spiro atoms. The van der Waals surface area contributed by atoms with Crippen molar-refractivity contribution in [2.75, 3.05) is 33.2 Å². The maximum absolute atomic E-state index is 4.79. The highest BCUT2D eigenvalue weighted by molar-refractivity contribution is 14.0. The molecule has 1 aromatic heterocycles. The average molecular weight is 465 g/mol. The van der Waals surface area contributed by atoms with Gasteiger partial charge in [-0.05, 0) is 39.3 Å². The number of likely N-dealkylation sites (N-methyl/N-ethyl adjacent to an activating group) is 2. The number of aliphatic imine (C=N–C) groups is 1. The van der Waals surface area contributed by atoms with Crippen LogP contribution in [0.15, 0.2) is 11.2 Å². The van der Waals surface area contributed by atoms with Gasteiger partial charge < -0.3 is 10.2 Å². The zero-order chi connectivity index (χ0) is 16.7. The van der Waals surface area contributed by atoms with Gasteiger partial charge >= 0.3 is 0 Å². The normalized spacial score (nSPS) is 18.5. The van der Waals surface area contributed by atoms with E-state index in [-0.39, 0.29) is 24.0 Å². The first-order chi connectivity index (χ1) is 11.2. The van der Waals surface area contributed by atoms with Crippen LogP contribution in [0.1, 0.15) is 43.5 Å². The van der Waals surface area contributed by atoms with Crippen LogP contribution in [0.3, 0.4) is 0 Å². The number of guanidine groups is 1.